The maximum absolute atomic E-state index is 4.82. The number of anilines is 1. The van der Waals surface area contributed by atoms with Crippen LogP contribution in [0.15, 0.2) is 22.7 Å². The molecule has 102 valence electrons. The van der Waals surface area contributed by atoms with Crippen molar-refractivity contribution in [3.05, 3.63) is 33.9 Å². The summed E-state index contributed by atoms with van der Waals surface area (Å²) in [7, 11) is 0. The Bertz CT molecular complexity index is 591. The third kappa shape index (κ3) is 2.92. The van der Waals surface area contributed by atoms with Gasteiger partial charge in [0.25, 0.3) is 0 Å². The van der Waals surface area contributed by atoms with Gasteiger partial charge in [-0.1, -0.05) is 26.8 Å². The molecule has 2 aromatic rings. The maximum Gasteiger partial charge on any atom is 0.0870 e. The molecule has 19 heavy (non-hydrogen) atoms. The second-order valence-electron chi connectivity index (χ2n) is 5.26. The van der Waals surface area contributed by atoms with E-state index in [9.17, 15) is 0 Å². The number of aryl methyl sites for hydroxylation is 1. The van der Waals surface area contributed by atoms with Crippen molar-refractivity contribution in [1.82, 2.24) is 4.98 Å². The molecule has 0 unspecified atom stereocenters. The van der Waals surface area contributed by atoms with Crippen molar-refractivity contribution in [3.63, 3.8) is 0 Å². The SMILES string of the molecule is CCCNc1cc(C(C)C)nc2c(Br)ccc(C)c12. The molecule has 1 N–H and O–H groups in total. The lowest BCUT2D eigenvalue weighted by atomic mass is 10.0. The van der Waals surface area contributed by atoms with Gasteiger partial charge in [-0.15, -0.1) is 0 Å². The summed E-state index contributed by atoms with van der Waals surface area (Å²) in [6.07, 6.45) is 1.12. The molecule has 2 rings (SSSR count). The van der Waals surface area contributed by atoms with Crippen molar-refractivity contribution >= 4 is 32.5 Å². The van der Waals surface area contributed by atoms with E-state index in [4.69, 9.17) is 4.98 Å². The van der Waals surface area contributed by atoms with E-state index in [0.717, 1.165) is 28.6 Å². The lowest BCUT2D eigenvalue weighted by molar-refractivity contribution is 0.829. The molecular weight excluding hydrogens is 300 g/mol. The molecule has 0 aliphatic heterocycles. The fraction of sp³-hybridized carbons (Fsp3) is 0.438. The van der Waals surface area contributed by atoms with Crippen LogP contribution >= 0.6 is 15.9 Å². The van der Waals surface area contributed by atoms with Gasteiger partial charge in [-0.25, -0.2) is 0 Å². The topological polar surface area (TPSA) is 24.9 Å². The standard InChI is InChI=1S/C16H21BrN2/c1-5-8-18-14-9-13(10(2)3)19-16-12(17)7-6-11(4)15(14)16/h6-7,9-10H,5,8H2,1-4H3,(H,18,19). The maximum atomic E-state index is 4.82. The molecule has 0 aliphatic rings. The summed E-state index contributed by atoms with van der Waals surface area (Å²) in [5, 5.41) is 4.77. The highest BCUT2D eigenvalue weighted by Gasteiger charge is 2.12. The summed E-state index contributed by atoms with van der Waals surface area (Å²) in [5.74, 6) is 0.430. The van der Waals surface area contributed by atoms with Crippen molar-refractivity contribution in [2.24, 2.45) is 0 Å². The highest BCUT2D eigenvalue weighted by molar-refractivity contribution is 9.10. The molecule has 1 aromatic heterocycles. The Morgan fingerprint density at radius 1 is 1.32 bits per heavy atom. The zero-order valence-electron chi connectivity index (χ0n) is 12.0. The number of aromatic nitrogens is 1. The first-order valence-corrected chi connectivity index (χ1v) is 7.67. The number of nitrogens with one attached hydrogen (secondary N) is 1. The van der Waals surface area contributed by atoms with Gasteiger partial charge in [-0.05, 0) is 52.9 Å². The molecule has 1 heterocycles. The van der Waals surface area contributed by atoms with Gasteiger partial charge in [-0.3, -0.25) is 4.98 Å². The van der Waals surface area contributed by atoms with E-state index in [1.54, 1.807) is 0 Å². The molecule has 3 heteroatoms. The second-order valence-corrected chi connectivity index (χ2v) is 6.12. The Morgan fingerprint density at radius 3 is 2.68 bits per heavy atom. The molecule has 0 saturated carbocycles. The van der Waals surface area contributed by atoms with E-state index in [2.05, 4.69) is 67.1 Å². The van der Waals surface area contributed by atoms with Gasteiger partial charge in [0.1, 0.15) is 0 Å². The fourth-order valence-corrected chi connectivity index (χ4v) is 2.61. The van der Waals surface area contributed by atoms with Crippen LogP contribution in [0.25, 0.3) is 10.9 Å². The van der Waals surface area contributed by atoms with E-state index >= 15 is 0 Å². The largest absolute Gasteiger partial charge is 0.384 e. The molecular formula is C16H21BrN2. The minimum absolute atomic E-state index is 0.430. The average molecular weight is 321 g/mol. The molecule has 0 spiro atoms. The first-order valence-electron chi connectivity index (χ1n) is 6.88. The summed E-state index contributed by atoms with van der Waals surface area (Å²) < 4.78 is 1.06. The Labute approximate surface area is 123 Å². The predicted octanol–water partition coefficient (Wildman–Crippen LogP) is 5.25. The monoisotopic (exact) mass is 320 g/mol. The first kappa shape index (κ1) is 14.3. The third-order valence-electron chi connectivity index (χ3n) is 3.30. The molecule has 2 nitrogen and oxygen atoms in total. The molecule has 0 saturated heterocycles. The van der Waals surface area contributed by atoms with Gasteiger partial charge in [0.15, 0.2) is 0 Å². The number of halogens is 1. The van der Waals surface area contributed by atoms with Crippen LogP contribution < -0.4 is 5.32 Å². The normalized spacial score (nSPS) is 11.3. The van der Waals surface area contributed by atoms with Crippen molar-refractivity contribution in [1.29, 1.82) is 0 Å². The minimum Gasteiger partial charge on any atom is -0.384 e. The minimum atomic E-state index is 0.430. The van der Waals surface area contributed by atoms with Gasteiger partial charge in [0.05, 0.1) is 5.52 Å². The van der Waals surface area contributed by atoms with Crippen LogP contribution in [0.2, 0.25) is 0 Å². The summed E-state index contributed by atoms with van der Waals surface area (Å²) in [5.41, 5.74) is 4.66. The van der Waals surface area contributed by atoms with E-state index < -0.39 is 0 Å². The number of nitrogens with zero attached hydrogens (tertiary/aromatic N) is 1. The summed E-state index contributed by atoms with van der Waals surface area (Å²) in [6, 6.07) is 6.42. The van der Waals surface area contributed by atoms with Crippen molar-refractivity contribution in [3.8, 4) is 0 Å². The highest BCUT2D eigenvalue weighted by Crippen LogP contribution is 2.33. The highest BCUT2D eigenvalue weighted by atomic mass is 79.9. The third-order valence-corrected chi connectivity index (χ3v) is 3.94. The molecule has 0 fully saturated rings. The average Bonchev–Trinajstić information content (AvgIpc) is 2.39. The van der Waals surface area contributed by atoms with Crippen LogP contribution in [0.4, 0.5) is 5.69 Å². The molecule has 1 aromatic carbocycles. The number of hydrogen-bond donors (Lipinski definition) is 1. The van der Waals surface area contributed by atoms with E-state index in [1.807, 2.05) is 0 Å². The van der Waals surface area contributed by atoms with E-state index in [1.165, 1.54) is 16.6 Å². The zero-order valence-corrected chi connectivity index (χ0v) is 13.6. The summed E-state index contributed by atoms with van der Waals surface area (Å²) in [4.78, 5) is 4.82. The first-order chi connectivity index (χ1) is 9.04. The van der Waals surface area contributed by atoms with Crippen LogP contribution in [-0.4, -0.2) is 11.5 Å². The summed E-state index contributed by atoms with van der Waals surface area (Å²) in [6.45, 7) is 9.68. The Kier molecular flexibility index (Phi) is 4.46. The zero-order chi connectivity index (χ0) is 14.0. The molecule has 0 aliphatic carbocycles. The Balaban J connectivity index is 2.70. The second kappa shape index (κ2) is 5.91. The Hall–Kier alpha value is -1.09. The molecule has 0 atom stereocenters. The lowest BCUT2D eigenvalue weighted by Crippen LogP contribution is -2.04. The van der Waals surface area contributed by atoms with Crippen LogP contribution in [0.5, 0.6) is 0 Å². The number of hydrogen-bond acceptors (Lipinski definition) is 2. The molecule has 0 amide bonds. The number of pyridine rings is 1. The van der Waals surface area contributed by atoms with Crippen LogP contribution in [0.1, 0.15) is 44.4 Å². The van der Waals surface area contributed by atoms with Gasteiger partial charge in [0, 0.05) is 27.8 Å². The fourth-order valence-electron chi connectivity index (χ4n) is 2.19. The van der Waals surface area contributed by atoms with Crippen LogP contribution in [0, 0.1) is 6.92 Å². The van der Waals surface area contributed by atoms with E-state index in [0.29, 0.717) is 5.92 Å². The Morgan fingerprint density at radius 2 is 2.05 bits per heavy atom. The van der Waals surface area contributed by atoms with Crippen LogP contribution in [0.3, 0.4) is 0 Å². The summed E-state index contributed by atoms with van der Waals surface area (Å²) >= 11 is 3.63. The number of fused-ring (bicyclic) bond motifs is 1. The van der Waals surface area contributed by atoms with Gasteiger partial charge < -0.3 is 5.32 Å². The predicted molar refractivity (Wildman–Crippen MR) is 87.0 cm³/mol. The quantitative estimate of drug-likeness (QED) is 0.832. The van der Waals surface area contributed by atoms with Gasteiger partial charge in [0.2, 0.25) is 0 Å². The molecule has 0 bridgehead atoms. The van der Waals surface area contributed by atoms with Gasteiger partial charge >= 0.3 is 0 Å². The lowest BCUT2D eigenvalue weighted by Gasteiger charge is -2.15. The van der Waals surface area contributed by atoms with Crippen molar-refractivity contribution in [2.45, 2.75) is 40.0 Å². The van der Waals surface area contributed by atoms with Crippen molar-refractivity contribution in [2.75, 3.05) is 11.9 Å². The van der Waals surface area contributed by atoms with Crippen molar-refractivity contribution < 1.29 is 0 Å². The smallest absolute Gasteiger partial charge is 0.0870 e. The van der Waals surface area contributed by atoms with Gasteiger partial charge in [-0.2, -0.15) is 0 Å². The molecule has 0 radical (unpaired) electrons. The van der Waals surface area contributed by atoms with E-state index in [-0.39, 0.29) is 0 Å². The van der Waals surface area contributed by atoms with Crippen LogP contribution in [-0.2, 0) is 0 Å². The number of rotatable bonds is 4. The number of benzene rings is 1.